The van der Waals surface area contributed by atoms with Crippen molar-refractivity contribution >= 4 is 28.9 Å². The molecule has 2 aromatic carbocycles. The van der Waals surface area contributed by atoms with E-state index >= 15 is 0 Å². The van der Waals surface area contributed by atoms with Gasteiger partial charge >= 0.3 is 5.97 Å². The molecule has 2 aromatic rings. The molecule has 140 valence electrons. The summed E-state index contributed by atoms with van der Waals surface area (Å²) in [6, 6.07) is 8.85. The Morgan fingerprint density at radius 3 is 2.48 bits per heavy atom. The van der Waals surface area contributed by atoms with E-state index in [1.165, 1.54) is 18.2 Å². The second-order valence-corrected chi connectivity index (χ2v) is 6.39. The summed E-state index contributed by atoms with van der Waals surface area (Å²) in [6.45, 7) is 3.17. The normalized spacial score (nSPS) is 13.4. The number of carbonyl (C=O) groups excluding carboxylic acids is 1. The Bertz CT molecular complexity index is 920. The fourth-order valence-corrected chi connectivity index (χ4v) is 3.25. The molecule has 0 spiro atoms. The van der Waals surface area contributed by atoms with Crippen molar-refractivity contribution in [3.8, 4) is 0 Å². The van der Waals surface area contributed by atoms with Gasteiger partial charge in [0.25, 0.3) is 11.6 Å². The van der Waals surface area contributed by atoms with Gasteiger partial charge in [-0.2, -0.15) is 0 Å². The Labute approximate surface area is 155 Å². The number of nitro benzene ring substituents is 1. The van der Waals surface area contributed by atoms with Gasteiger partial charge in [-0.15, -0.1) is 0 Å². The fraction of sp³-hybridized carbons (Fsp3) is 0.263. The number of hydrogen-bond donors (Lipinski definition) is 2. The molecule has 1 aliphatic rings. The molecule has 1 heterocycles. The molecule has 1 aliphatic heterocycles. The molecular formula is C19H19N3O5. The number of carboxylic acids is 1. The number of nitrogens with zero attached hydrogens (tertiary/aromatic N) is 2. The van der Waals surface area contributed by atoms with Crippen molar-refractivity contribution in [1.29, 1.82) is 0 Å². The first kappa shape index (κ1) is 18.4. The van der Waals surface area contributed by atoms with Crippen molar-refractivity contribution in [2.45, 2.75) is 19.8 Å². The van der Waals surface area contributed by atoms with E-state index in [-0.39, 0.29) is 16.8 Å². The van der Waals surface area contributed by atoms with E-state index in [1.54, 1.807) is 25.1 Å². The lowest BCUT2D eigenvalue weighted by molar-refractivity contribution is -0.384. The smallest absolute Gasteiger partial charge is 0.336 e. The Morgan fingerprint density at radius 1 is 1.15 bits per heavy atom. The van der Waals surface area contributed by atoms with Gasteiger partial charge in [0.15, 0.2) is 0 Å². The number of rotatable bonds is 5. The Morgan fingerprint density at radius 2 is 1.85 bits per heavy atom. The molecule has 0 saturated carbocycles. The average molecular weight is 369 g/mol. The Kier molecular flexibility index (Phi) is 5.07. The number of hydrogen-bond acceptors (Lipinski definition) is 5. The lowest BCUT2D eigenvalue weighted by Gasteiger charge is -2.21. The second kappa shape index (κ2) is 7.45. The zero-order chi connectivity index (χ0) is 19.6. The van der Waals surface area contributed by atoms with Crippen molar-refractivity contribution in [2.75, 3.05) is 23.3 Å². The van der Waals surface area contributed by atoms with Crippen LogP contribution in [0.1, 0.15) is 39.1 Å². The summed E-state index contributed by atoms with van der Waals surface area (Å²) in [5.41, 5.74) is 1.55. The Balaban J connectivity index is 1.98. The minimum atomic E-state index is -1.09. The number of aromatic carboxylic acids is 1. The molecule has 8 nitrogen and oxygen atoms in total. The van der Waals surface area contributed by atoms with E-state index < -0.39 is 16.8 Å². The van der Waals surface area contributed by atoms with E-state index in [0.717, 1.165) is 25.9 Å². The standard InChI is InChI=1S/C19H19N3O5/c1-12-14(19(24)25)5-4-6-16(12)20-18(23)15-11-13(22(26)27)7-8-17(15)21-9-2-3-10-21/h4-8,11H,2-3,9-10H2,1H3,(H,20,23)(H,24,25). The van der Waals surface area contributed by atoms with Gasteiger partial charge in [-0.25, -0.2) is 4.79 Å². The van der Waals surface area contributed by atoms with Crippen molar-refractivity contribution in [3.05, 3.63) is 63.2 Å². The number of nitro groups is 1. The SMILES string of the molecule is Cc1c(NC(=O)c2cc([N+](=O)[O-])ccc2N2CCCC2)cccc1C(=O)O. The summed E-state index contributed by atoms with van der Waals surface area (Å²) in [6.07, 6.45) is 2.00. The molecule has 0 bridgehead atoms. The molecule has 8 heteroatoms. The predicted octanol–water partition coefficient (Wildman–Crippen LogP) is 3.45. The number of benzene rings is 2. The van der Waals surface area contributed by atoms with Crippen LogP contribution in [0, 0.1) is 17.0 Å². The molecule has 27 heavy (non-hydrogen) atoms. The van der Waals surface area contributed by atoms with Gasteiger partial charge in [0.2, 0.25) is 0 Å². The molecule has 1 amide bonds. The molecular weight excluding hydrogens is 350 g/mol. The lowest BCUT2D eigenvalue weighted by Crippen LogP contribution is -2.23. The second-order valence-electron chi connectivity index (χ2n) is 6.39. The van der Waals surface area contributed by atoms with Crippen molar-refractivity contribution in [3.63, 3.8) is 0 Å². The molecule has 2 N–H and O–H groups in total. The molecule has 1 saturated heterocycles. The maximum Gasteiger partial charge on any atom is 0.336 e. The third kappa shape index (κ3) is 3.74. The van der Waals surface area contributed by atoms with Gasteiger partial charge in [-0.05, 0) is 43.5 Å². The van der Waals surface area contributed by atoms with Crippen LogP contribution in [0.3, 0.4) is 0 Å². The summed E-state index contributed by atoms with van der Waals surface area (Å²) in [5.74, 6) is -1.59. The van der Waals surface area contributed by atoms with E-state index in [4.69, 9.17) is 0 Å². The zero-order valence-corrected chi connectivity index (χ0v) is 14.8. The first-order valence-corrected chi connectivity index (χ1v) is 8.56. The molecule has 0 atom stereocenters. The van der Waals surface area contributed by atoms with Crippen LogP contribution in [-0.4, -0.2) is 35.0 Å². The number of anilines is 2. The molecule has 3 rings (SSSR count). The van der Waals surface area contributed by atoms with Crippen molar-refractivity contribution < 1.29 is 19.6 Å². The quantitative estimate of drug-likeness (QED) is 0.616. The van der Waals surface area contributed by atoms with Crippen LogP contribution in [-0.2, 0) is 0 Å². The fourth-order valence-electron chi connectivity index (χ4n) is 3.25. The van der Waals surface area contributed by atoms with Gasteiger partial charge in [0, 0.05) is 30.9 Å². The number of amides is 1. The highest BCUT2D eigenvalue weighted by atomic mass is 16.6. The van der Waals surface area contributed by atoms with Gasteiger partial charge in [-0.3, -0.25) is 14.9 Å². The van der Waals surface area contributed by atoms with Crippen LogP contribution in [0.25, 0.3) is 0 Å². The van der Waals surface area contributed by atoms with Gasteiger partial charge in [0.1, 0.15) is 0 Å². The van der Waals surface area contributed by atoms with Crippen LogP contribution in [0.2, 0.25) is 0 Å². The summed E-state index contributed by atoms with van der Waals surface area (Å²) in [4.78, 5) is 36.8. The molecule has 0 aliphatic carbocycles. The predicted molar refractivity (Wildman–Crippen MR) is 101 cm³/mol. The van der Waals surface area contributed by atoms with E-state index in [9.17, 15) is 24.8 Å². The van der Waals surface area contributed by atoms with Gasteiger partial charge < -0.3 is 15.3 Å². The van der Waals surface area contributed by atoms with E-state index in [1.807, 2.05) is 4.90 Å². The minimum Gasteiger partial charge on any atom is -0.478 e. The summed E-state index contributed by atoms with van der Waals surface area (Å²) < 4.78 is 0. The van der Waals surface area contributed by atoms with Gasteiger partial charge in [-0.1, -0.05) is 6.07 Å². The lowest BCUT2D eigenvalue weighted by atomic mass is 10.1. The van der Waals surface area contributed by atoms with Crippen LogP contribution < -0.4 is 10.2 Å². The highest BCUT2D eigenvalue weighted by molar-refractivity contribution is 6.09. The number of nitrogens with one attached hydrogen (secondary N) is 1. The van der Waals surface area contributed by atoms with Gasteiger partial charge in [0.05, 0.1) is 21.7 Å². The van der Waals surface area contributed by atoms with E-state index in [2.05, 4.69) is 5.32 Å². The maximum atomic E-state index is 12.9. The Hall–Kier alpha value is -3.42. The monoisotopic (exact) mass is 369 g/mol. The average Bonchev–Trinajstić information content (AvgIpc) is 3.17. The minimum absolute atomic E-state index is 0.0895. The maximum absolute atomic E-state index is 12.9. The largest absolute Gasteiger partial charge is 0.478 e. The van der Waals surface area contributed by atoms with Crippen molar-refractivity contribution in [2.24, 2.45) is 0 Å². The molecule has 1 fully saturated rings. The number of carbonyl (C=O) groups is 2. The third-order valence-corrected chi connectivity index (χ3v) is 4.69. The molecule has 0 unspecified atom stereocenters. The molecule has 0 aromatic heterocycles. The number of carboxylic acid groups (broad SMARTS) is 1. The first-order chi connectivity index (χ1) is 12.9. The van der Waals surface area contributed by atoms with Crippen LogP contribution in [0.15, 0.2) is 36.4 Å². The highest BCUT2D eigenvalue weighted by Crippen LogP contribution is 2.29. The molecule has 0 radical (unpaired) electrons. The summed E-state index contributed by atoms with van der Waals surface area (Å²) >= 11 is 0. The van der Waals surface area contributed by atoms with Crippen LogP contribution in [0.4, 0.5) is 17.1 Å². The highest BCUT2D eigenvalue weighted by Gasteiger charge is 2.23. The van der Waals surface area contributed by atoms with E-state index in [0.29, 0.717) is 16.9 Å². The van der Waals surface area contributed by atoms with Crippen LogP contribution >= 0.6 is 0 Å². The topological polar surface area (TPSA) is 113 Å². The summed E-state index contributed by atoms with van der Waals surface area (Å²) in [5, 5.41) is 23.1. The number of non-ortho nitro benzene ring substituents is 1. The van der Waals surface area contributed by atoms with Crippen LogP contribution in [0.5, 0.6) is 0 Å². The summed E-state index contributed by atoms with van der Waals surface area (Å²) in [7, 11) is 0. The third-order valence-electron chi connectivity index (χ3n) is 4.69. The first-order valence-electron chi connectivity index (χ1n) is 8.56. The van der Waals surface area contributed by atoms with Crippen molar-refractivity contribution in [1.82, 2.24) is 0 Å². The zero-order valence-electron chi connectivity index (χ0n) is 14.8.